The van der Waals surface area contributed by atoms with Crippen LogP contribution in [0.5, 0.6) is 0 Å². The number of ether oxygens (including phenoxy) is 21. The molecule has 4 heterocycles. The minimum absolute atomic E-state index is 0.156. The highest BCUT2D eigenvalue weighted by molar-refractivity contribution is 5.71. The summed E-state index contributed by atoms with van der Waals surface area (Å²) in [6.07, 6.45) is -26.1. The first-order valence-electron chi connectivity index (χ1n) is 38.8. The standard InChI is InChI=1S/C79H116O35/c1-36(2)23-22-27-79(21,114-74-70(108-49(15)92)66(105-46(12)89)62(101-42(8)85)55(111-74)35-97-71-67(106-47(13)90)63(102-43(9)86)52(34-96-71)98-39(5)82)50-24-29-78(20)59(50)51(93)31-57-76(18)28-26-58(75(16,17)56(76)25-30-77(57,78)19)112-72-69(65(104-45(11)88)61(100-41(7)84)53(109-72)32-94-37(3)80)113-73-68(107-48(14)91)64(103-44(10)87)60(99-40(6)83)54(110-73)33-95-38(4)81/h23,50-74,93H,22,24-35H2,1-21H3/t50-,51+,52+,53+,54+,55+,56?,57+,58-,59-,60+,61+,62+,63+,64-,65-,66-,67-,68+,69+,70+,71-,72-,73-,74-,76-,77+,78+,79-/m0/s1. The van der Waals surface area contributed by atoms with Gasteiger partial charge in [-0.2, -0.15) is 0 Å². The van der Waals surface area contributed by atoms with Crippen molar-refractivity contribution < 1.29 is 167 Å². The van der Waals surface area contributed by atoms with Crippen LogP contribution in [0, 0.1) is 45.3 Å². The van der Waals surface area contributed by atoms with Gasteiger partial charge in [-0.3, -0.25) is 62.3 Å². The van der Waals surface area contributed by atoms with Crippen molar-refractivity contribution >= 4 is 77.6 Å². The largest absolute Gasteiger partial charge is 0.463 e. The SMILES string of the molecule is CC(=O)OC[C@H]1O[C@@H](O[C@H]2[C@H](O[C@H]3CC[C@@]4(C)C(CC[C@]5(C)[C@@H]4C[C@@H](O)[C@@H]4[C@@H]([C@](C)(CCC=C(C)C)O[C@@H]6O[C@H](CO[C@@H]7OC[C@@H](OC(C)=O)[C@@H](OC(C)=O)[C@@H]7OC(C)=O)[C@@H](OC(C)=O)[C@H](OC(C)=O)[C@H]6OC(C)=O)CC[C@]45C)C3(C)C)O[C@H](COC(C)=O)[C@@H](OC(C)=O)[C@@H]2OC(C)=O)[C@H](OC(C)=O)[C@@H](OC(C)=O)[C@@H]1OC(C)=O. The molecular weight excluding hydrogens is 1510 g/mol. The third kappa shape index (κ3) is 21.2. The Labute approximate surface area is 663 Å². The van der Waals surface area contributed by atoms with Crippen LogP contribution in [0.3, 0.4) is 0 Å². The summed E-state index contributed by atoms with van der Waals surface area (Å²) in [4.78, 5) is 168. The van der Waals surface area contributed by atoms with Crippen molar-refractivity contribution in [2.24, 2.45) is 45.3 Å². The van der Waals surface area contributed by atoms with Crippen LogP contribution in [0.25, 0.3) is 0 Å². The van der Waals surface area contributed by atoms with E-state index in [1.54, 1.807) is 0 Å². The van der Waals surface area contributed by atoms with Crippen molar-refractivity contribution in [1.29, 1.82) is 0 Å². The first kappa shape index (κ1) is 92.0. The first-order chi connectivity index (χ1) is 53.1. The number of esters is 13. The van der Waals surface area contributed by atoms with E-state index in [-0.39, 0.29) is 11.8 Å². The smallest absolute Gasteiger partial charge is 0.303 e. The molecule has 0 radical (unpaired) electrons. The molecule has 35 heteroatoms. The Balaban J connectivity index is 1.15. The van der Waals surface area contributed by atoms with Crippen molar-refractivity contribution in [2.75, 3.05) is 26.4 Å². The lowest BCUT2D eigenvalue weighted by molar-refractivity contribution is -0.379. The van der Waals surface area contributed by atoms with Gasteiger partial charge in [-0.05, 0) is 124 Å². The Hall–Kier alpha value is -7.51. The number of fused-ring (bicyclic) bond motifs is 5. The molecule has 0 bridgehead atoms. The lowest BCUT2D eigenvalue weighted by Crippen LogP contribution is -2.69. The van der Waals surface area contributed by atoms with E-state index < -0.39 is 272 Å². The van der Waals surface area contributed by atoms with Crippen molar-refractivity contribution in [3.05, 3.63) is 11.6 Å². The van der Waals surface area contributed by atoms with Gasteiger partial charge in [0.05, 0.1) is 31.0 Å². The monoisotopic (exact) mass is 1620 g/mol. The fraction of sp³-hybridized carbons (Fsp3) is 0.810. The van der Waals surface area contributed by atoms with Crippen LogP contribution in [-0.4, -0.2) is 244 Å². The molecule has 0 aromatic carbocycles. The molecule has 4 saturated heterocycles. The van der Waals surface area contributed by atoms with Gasteiger partial charge in [-0.1, -0.05) is 46.3 Å². The van der Waals surface area contributed by atoms with Crippen molar-refractivity contribution in [3.63, 3.8) is 0 Å². The number of hydrogen-bond acceptors (Lipinski definition) is 35. The summed E-state index contributed by atoms with van der Waals surface area (Å²) in [5, 5.41) is 13.5. The molecule has 35 nitrogen and oxygen atoms in total. The molecule has 0 aromatic heterocycles. The molecule has 642 valence electrons. The van der Waals surface area contributed by atoms with Crippen LogP contribution in [-0.2, 0) is 162 Å². The molecule has 8 aliphatic rings. The zero-order chi connectivity index (χ0) is 84.8. The number of hydrogen-bond donors (Lipinski definition) is 1. The third-order valence-electron chi connectivity index (χ3n) is 24.1. The summed E-state index contributed by atoms with van der Waals surface area (Å²) in [6.45, 7) is 28.6. The van der Waals surface area contributed by atoms with Gasteiger partial charge < -0.3 is 105 Å². The molecule has 0 aromatic rings. The fourth-order valence-corrected chi connectivity index (χ4v) is 19.8. The average Bonchev–Trinajstić information content (AvgIpc) is 1.38. The lowest BCUT2D eigenvalue weighted by atomic mass is 9.35. The van der Waals surface area contributed by atoms with Gasteiger partial charge in [0.15, 0.2) is 98.4 Å². The van der Waals surface area contributed by atoms with Crippen LogP contribution in [0.2, 0.25) is 0 Å². The van der Waals surface area contributed by atoms with Crippen LogP contribution in [0.15, 0.2) is 11.6 Å². The zero-order valence-electron chi connectivity index (χ0n) is 69.0. The third-order valence-corrected chi connectivity index (χ3v) is 24.1. The first-order valence-corrected chi connectivity index (χ1v) is 38.8. The molecule has 4 aliphatic heterocycles. The number of aliphatic hydroxyl groups excluding tert-OH is 1. The minimum Gasteiger partial charge on any atom is -0.463 e. The van der Waals surface area contributed by atoms with Crippen molar-refractivity contribution in [3.8, 4) is 0 Å². The maximum atomic E-state index is 13.5. The molecule has 8 rings (SSSR count). The summed E-state index contributed by atoms with van der Waals surface area (Å²) in [5.74, 6) is -12.5. The molecule has 114 heavy (non-hydrogen) atoms. The van der Waals surface area contributed by atoms with E-state index in [4.69, 9.17) is 99.5 Å². The van der Waals surface area contributed by atoms with Gasteiger partial charge in [0.25, 0.3) is 0 Å². The summed E-state index contributed by atoms with van der Waals surface area (Å²) in [5.41, 5.74) is -2.78. The number of rotatable bonds is 28. The highest BCUT2D eigenvalue weighted by Gasteiger charge is 2.73. The van der Waals surface area contributed by atoms with Gasteiger partial charge >= 0.3 is 77.6 Å². The molecule has 1 N–H and O–H groups in total. The van der Waals surface area contributed by atoms with Gasteiger partial charge in [-0.25, -0.2) is 0 Å². The van der Waals surface area contributed by atoms with Crippen LogP contribution in [0.4, 0.5) is 0 Å². The normalized spacial score (nSPS) is 37.9. The summed E-state index contributed by atoms with van der Waals surface area (Å²) in [7, 11) is 0. The van der Waals surface area contributed by atoms with Crippen LogP contribution >= 0.6 is 0 Å². The quantitative estimate of drug-likeness (QED) is 0.0415. The minimum atomic E-state index is -1.92. The fourth-order valence-electron chi connectivity index (χ4n) is 19.8. The van der Waals surface area contributed by atoms with Crippen molar-refractivity contribution in [1.82, 2.24) is 0 Å². The molecule has 8 fully saturated rings. The van der Waals surface area contributed by atoms with Crippen LogP contribution in [0.1, 0.15) is 203 Å². The Kier molecular flexibility index (Phi) is 30.5. The Morgan fingerprint density at radius 1 is 0.412 bits per heavy atom. The predicted octanol–water partition coefficient (Wildman–Crippen LogP) is 5.86. The molecule has 0 spiro atoms. The van der Waals surface area contributed by atoms with Gasteiger partial charge in [-0.15, -0.1) is 0 Å². The van der Waals surface area contributed by atoms with E-state index >= 15 is 0 Å². The number of carbonyl (C=O) groups is 13. The number of carbonyl (C=O) groups excluding carboxylic acids is 13. The Morgan fingerprint density at radius 2 is 0.807 bits per heavy atom. The highest BCUT2D eigenvalue weighted by Crippen LogP contribution is 2.76. The Morgan fingerprint density at radius 3 is 1.26 bits per heavy atom. The van der Waals surface area contributed by atoms with Crippen LogP contribution < -0.4 is 0 Å². The van der Waals surface area contributed by atoms with E-state index in [9.17, 15) is 67.4 Å². The second-order valence-electron chi connectivity index (χ2n) is 33.0. The predicted molar refractivity (Wildman–Crippen MR) is 384 cm³/mol. The molecule has 4 saturated carbocycles. The molecule has 1 unspecified atom stereocenters. The van der Waals surface area contributed by atoms with E-state index in [1.165, 1.54) is 0 Å². The molecular formula is C79H116O35. The second-order valence-corrected chi connectivity index (χ2v) is 33.0. The average molecular weight is 1630 g/mol. The summed E-state index contributed by atoms with van der Waals surface area (Å²) in [6, 6.07) is 0. The molecule has 29 atom stereocenters. The van der Waals surface area contributed by atoms with Gasteiger partial charge in [0.2, 0.25) is 0 Å². The number of allylic oxidation sites excluding steroid dienone is 2. The van der Waals surface area contributed by atoms with Gasteiger partial charge in [0.1, 0.15) is 31.5 Å². The number of aliphatic hydroxyl groups is 1. The topological polar surface area (TPSA) is 436 Å². The molecule has 0 amide bonds. The molecule has 4 aliphatic carbocycles. The second kappa shape index (κ2) is 37.8. The lowest BCUT2D eigenvalue weighted by Gasteiger charge is -2.71. The summed E-state index contributed by atoms with van der Waals surface area (Å²) < 4.78 is 128. The van der Waals surface area contributed by atoms with E-state index in [0.29, 0.717) is 57.8 Å². The summed E-state index contributed by atoms with van der Waals surface area (Å²) >= 11 is 0. The Bertz CT molecular complexity index is 3550. The van der Waals surface area contributed by atoms with Crippen molar-refractivity contribution in [2.45, 2.75) is 338 Å². The van der Waals surface area contributed by atoms with E-state index in [0.717, 1.165) is 95.6 Å². The van der Waals surface area contributed by atoms with Gasteiger partial charge in [0, 0.05) is 90.0 Å². The maximum absolute atomic E-state index is 13.5. The highest BCUT2D eigenvalue weighted by atomic mass is 16.8. The van der Waals surface area contributed by atoms with E-state index in [2.05, 4.69) is 34.6 Å². The zero-order valence-corrected chi connectivity index (χ0v) is 69.0. The van der Waals surface area contributed by atoms with E-state index in [1.807, 2.05) is 26.8 Å². The maximum Gasteiger partial charge on any atom is 0.303 e.